The minimum Gasteiger partial charge on any atom is -0.481 e. The molecule has 0 aliphatic heterocycles. The third kappa shape index (κ3) is 74.5. The summed E-state index contributed by atoms with van der Waals surface area (Å²) in [5, 5.41) is 52.2. The third-order valence-electron chi connectivity index (χ3n) is 15.4. The van der Waals surface area contributed by atoms with Gasteiger partial charge in [0.05, 0.1) is 41.9 Å². The van der Waals surface area contributed by atoms with E-state index in [1.807, 2.05) is 218 Å². The maximum Gasteiger partial charge on any atom is 1.00 e. The number of halogens is 1. The molecule has 0 saturated heterocycles. The van der Waals surface area contributed by atoms with Gasteiger partial charge in [-0.2, -0.15) is 10.8 Å². The van der Waals surface area contributed by atoms with Gasteiger partial charge < -0.3 is 43.3 Å². The number of nitrogens with two attached hydrogens (primary N) is 2. The number of aliphatic hydroxyl groups is 4. The molecule has 11 N–H and O–H groups in total. The number of nitrogens with one attached hydrogen (secondary N) is 1. The standard InChI is InChI=1S/C14H21NOS.C14H19NOS.C11H14O2.C10H13N.C10H12O2.C10H10O.C4H11NOS.C4H9.4C2H6O.6C2H6.ClH.Li.Ti/c2*1-14(2,3)17(16)15-13-10-6-8-11-7-4-5-9-12(11)13;1-9-5-2-3-6-10(9)7-4-8-11(12)13;11-10-7-3-5-8-4-1-2-6-9(8)10;11-10(12)8-4-7-9-5-2-1-3-6-9;11-10-7-3-5-8-4-1-2-6-9(8)10;1-4(2,3)7(5)6;1-3-4-2;4*1-2-3;6*1-2;;;/h4-5,7,9,13,15H,6,8,10H2,1-3H3;4-5,7,9H,6,8,10H2,1-3H3;2-3,5-6H,4,7-8H2,1H3,(H,12,13);1-2,4,6,10H,3,5,7,11H2;1-3,5-6H,4,7-8H2,(H,11,12);1-2,4,6H,3,5,7H2;5H2,1-3H3;1,3-4H2,2H3;4*3H,2H2,1H3;6*1-2H3;1H;;/q;;;;;;;-1;;;;;;;;;;;;+1;/t13-,17-;17-;;10-;;;7-;;;;;;;;;;;;;;/m11.1..1............../s1. The van der Waals surface area contributed by atoms with Crippen LogP contribution in [0.2, 0.25) is 0 Å². The Morgan fingerprint density at radius 2 is 0.832 bits per heavy atom. The first-order valence-electron chi connectivity index (χ1n) is 42.9. The van der Waals surface area contributed by atoms with Crippen LogP contribution >= 0.6 is 12.4 Å². The van der Waals surface area contributed by atoms with Gasteiger partial charge in [-0.3, -0.25) is 19.5 Å². The number of carbonyl (C=O) groups is 3. The summed E-state index contributed by atoms with van der Waals surface area (Å²) >= 11 is 0. The zero-order valence-electron chi connectivity index (χ0n) is 79.6. The normalized spacial score (nSPS) is 13.8. The molecule has 680 valence electrons. The fraction of sp³-hybridized carbons (Fsp3) is 0.577. The molecular weight excluding hydrogens is 1600 g/mol. The van der Waals surface area contributed by atoms with E-state index < -0.39 is 44.9 Å². The van der Waals surface area contributed by atoms with Gasteiger partial charge in [0.25, 0.3) is 0 Å². The average molecular weight is 1770 g/mol. The van der Waals surface area contributed by atoms with Crippen molar-refractivity contribution in [3.05, 3.63) is 220 Å². The predicted molar refractivity (Wildman–Crippen MR) is 514 cm³/mol. The molecule has 5 atom stereocenters. The summed E-state index contributed by atoms with van der Waals surface area (Å²) in [4.78, 5) is 31.7. The second kappa shape index (κ2) is 92.5. The van der Waals surface area contributed by atoms with Gasteiger partial charge in [0.2, 0.25) is 0 Å². The van der Waals surface area contributed by atoms with E-state index in [0.29, 0.717) is 11.8 Å². The minimum absolute atomic E-state index is 0. The van der Waals surface area contributed by atoms with Gasteiger partial charge in [0, 0.05) is 85.1 Å². The first-order valence-corrected chi connectivity index (χ1v) is 46.4. The van der Waals surface area contributed by atoms with Gasteiger partial charge in [0.1, 0.15) is 11.0 Å². The van der Waals surface area contributed by atoms with Crippen LogP contribution in [0.3, 0.4) is 0 Å². The molecule has 6 aromatic rings. The quantitative estimate of drug-likeness (QED) is 0.0407. The number of aliphatic carboxylic acids is 2. The largest absolute Gasteiger partial charge is 1.00 e. The number of carboxylic acids is 2. The van der Waals surface area contributed by atoms with Crippen molar-refractivity contribution in [3.63, 3.8) is 0 Å². The van der Waals surface area contributed by atoms with E-state index in [0.717, 1.165) is 101 Å². The van der Waals surface area contributed by atoms with Crippen molar-refractivity contribution < 1.29 is 98.2 Å². The van der Waals surface area contributed by atoms with E-state index in [9.17, 15) is 27.0 Å². The van der Waals surface area contributed by atoms with Crippen molar-refractivity contribution in [2.45, 2.75) is 342 Å². The van der Waals surface area contributed by atoms with Crippen molar-refractivity contribution in [2.75, 3.05) is 26.4 Å². The molecule has 10 rings (SSSR count). The van der Waals surface area contributed by atoms with Crippen LogP contribution < -0.4 is 34.5 Å². The number of aliphatic hydroxyl groups excluding tert-OH is 4. The van der Waals surface area contributed by atoms with E-state index in [-0.39, 0.29) is 113 Å². The second-order valence-electron chi connectivity index (χ2n) is 27.6. The second-order valence-corrected chi connectivity index (χ2v) is 33.3. The Morgan fingerprint density at radius 3 is 1.23 bits per heavy atom. The van der Waals surface area contributed by atoms with Crippen LogP contribution in [0.25, 0.3) is 0 Å². The Balaban J connectivity index is -0.000000121. The fourth-order valence-electron chi connectivity index (χ4n) is 9.90. The van der Waals surface area contributed by atoms with Crippen LogP contribution in [0.5, 0.6) is 0 Å². The van der Waals surface area contributed by atoms with Gasteiger partial charge in [-0.05, 0) is 249 Å². The molecule has 16 nitrogen and oxygen atoms in total. The molecule has 6 aromatic carbocycles. The molecule has 0 fully saturated rings. The van der Waals surface area contributed by atoms with Gasteiger partial charge in [0.15, 0.2) is 5.78 Å². The molecule has 4 aliphatic carbocycles. The van der Waals surface area contributed by atoms with Gasteiger partial charge in [-0.25, -0.2) is 17.3 Å². The third-order valence-corrected chi connectivity index (χ3v) is 19.7. The topological polar surface area (TPSA) is 300 Å². The van der Waals surface area contributed by atoms with Gasteiger partial charge in [-0.15, -0.1) is 12.4 Å². The van der Waals surface area contributed by atoms with Crippen LogP contribution in [-0.2, 0) is 103 Å². The number of ketones is 1. The summed E-state index contributed by atoms with van der Waals surface area (Å²) in [6.45, 7) is 56.9. The first-order chi connectivity index (χ1) is 55.2. The van der Waals surface area contributed by atoms with Crippen LogP contribution in [0.1, 0.15) is 348 Å². The molecule has 4 aliphatic rings. The maximum atomic E-state index is 12.1. The molecule has 22 heteroatoms. The number of unbranched alkanes of at least 4 members (excludes halogenated alkanes) is 1. The van der Waals surface area contributed by atoms with E-state index in [1.54, 1.807) is 27.7 Å². The SMILES string of the molecule is CC.CC.CC.CC.CC.CC.CC(C)(C)[S@@](=O)N=C1CCCc2ccccc21.CC(C)(C)[S@@](=O)N[C@@H]1CCCc2ccccc21.CC(C)(C)[S@](N)=O.CCO.CCO.CCO.CCO.Cc1ccccc1CCCC(=O)O.Cl.N[C@@H]1CCCc2ccccc21.O=C(O)CCCc1ccccc1.O=C1CCCc2ccccc21.[CH2-]CCC.[Li+].[Ti]. The summed E-state index contributed by atoms with van der Waals surface area (Å²) in [5.41, 5.74) is 20.9. The predicted octanol–water partition coefficient (Wildman–Crippen LogP) is 20.7. The van der Waals surface area contributed by atoms with E-state index in [2.05, 4.69) is 109 Å². The molecule has 0 amide bonds. The number of benzene rings is 6. The Bertz CT molecular complexity index is 3380. The van der Waals surface area contributed by atoms with Crippen molar-refractivity contribution >= 4 is 68.8 Å². The molecule has 0 unspecified atom stereocenters. The first kappa shape index (κ1) is 138. The summed E-state index contributed by atoms with van der Waals surface area (Å²) in [6, 6.07) is 51.8. The summed E-state index contributed by atoms with van der Waals surface area (Å²) in [7, 11) is -3.33. The number of nitrogens with zero attached hydrogens (tertiary/aromatic N) is 1. The molecule has 0 aromatic heterocycles. The number of rotatable bonds is 12. The monoisotopic (exact) mass is 1770 g/mol. The number of Topliss-reactive ketones (excluding diaryl/α,β-unsaturated/α-hetero) is 1. The van der Waals surface area contributed by atoms with E-state index in [1.165, 1.54) is 81.3 Å². The van der Waals surface area contributed by atoms with Crippen LogP contribution in [-0.4, -0.2) is 107 Å². The molecule has 0 heterocycles. The smallest absolute Gasteiger partial charge is 0.481 e. The summed E-state index contributed by atoms with van der Waals surface area (Å²) < 4.78 is 41.6. The van der Waals surface area contributed by atoms with Crippen LogP contribution in [0.15, 0.2) is 156 Å². The van der Waals surface area contributed by atoms with Gasteiger partial charge >= 0.3 is 30.8 Å². The number of aryl methyl sites for hydroxylation is 7. The molecule has 0 spiro atoms. The molecule has 0 bridgehead atoms. The number of carbonyl (C=O) groups excluding carboxylic acids is 1. The van der Waals surface area contributed by atoms with Crippen molar-refractivity contribution in [3.8, 4) is 0 Å². The molecule has 0 saturated carbocycles. The Morgan fingerprint density at radius 1 is 0.487 bits per heavy atom. The Hall–Kier alpha value is -4.63. The summed E-state index contributed by atoms with van der Waals surface area (Å²) in [6.07, 6.45) is 19.0. The van der Waals surface area contributed by atoms with Gasteiger partial charge in [-0.1, -0.05) is 248 Å². The zero-order valence-corrected chi connectivity index (χ0v) is 84.5. The molecule has 119 heavy (non-hydrogen) atoms. The van der Waals surface area contributed by atoms with E-state index in [4.69, 9.17) is 41.5 Å². The number of hydrogen-bond donors (Lipinski definition) is 9. The zero-order chi connectivity index (χ0) is 91.1. The molecule has 0 radical (unpaired) electrons. The van der Waals surface area contributed by atoms with Crippen LogP contribution in [0.4, 0.5) is 0 Å². The number of hydrogen-bond acceptors (Lipinski definition) is 11. The molecular formula is C97H170ClLiN4O12S3Ti. The Kier molecular flexibility index (Phi) is 107. The number of carboxylic acid groups (broad SMARTS) is 2. The summed E-state index contributed by atoms with van der Waals surface area (Å²) in [5.74, 6) is -1.12. The van der Waals surface area contributed by atoms with Crippen LogP contribution in [0, 0.1) is 13.8 Å². The Labute approximate surface area is 768 Å². The van der Waals surface area contributed by atoms with Crippen molar-refractivity contribution in [2.24, 2.45) is 15.3 Å². The average Bonchev–Trinajstić information content (AvgIpc) is 0.730. The van der Waals surface area contributed by atoms with Crippen molar-refractivity contribution in [1.29, 1.82) is 0 Å². The minimum atomic E-state index is -1.18. The number of fused-ring (bicyclic) bond motifs is 4. The fourth-order valence-corrected chi connectivity index (χ4v) is 11.4. The van der Waals surface area contributed by atoms with E-state index >= 15 is 0 Å². The van der Waals surface area contributed by atoms with Crippen molar-refractivity contribution in [1.82, 2.24) is 4.72 Å². The maximum absolute atomic E-state index is 12.1.